The zero-order valence-corrected chi connectivity index (χ0v) is 13.8. The average molecular weight is 340 g/mol. The molecule has 0 radical (unpaired) electrons. The van der Waals surface area contributed by atoms with Gasteiger partial charge in [0, 0.05) is 21.8 Å². The molecule has 1 aromatic rings. The van der Waals surface area contributed by atoms with Crippen molar-refractivity contribution in [2.45, 2.75) is 48.1 Å². The molecule has 0 N–H and O–H groups in total. The van der Waals surface area contributed by atoms with E-state index >= 15 is 0 Å². The standard InChI is InChI=1S/C14H19F3O2S2/c1-4-11(5-2)21(18)9-10-6-7-12(19-3)13(8-10)20-14(15,16)17/h6-8,11H,4-5,9H2,1-3H3/t21-/m0/s1. The largest absolute Gasteiger partial charge is 0.496 e. The fraction of sp³-hybridized carbons (Fsp3) is 0.571. The van der Waals surface area contributed by atoms with Gasteiger partial charge in [0.25, 0.3) is 0 Å². The highest BCUT2D eigenvalue weighted by Gasteiger charge is 2.31. The van der Waals surface area contributed by atoms with Crippen LogP contribution in [0.1, 0.15) is 32.3 Å². The van der Waals surface area contributed by atoms with Gasteiger partial charge in [-0.1, -0.05) is 19.9 Å². The van der Waals surface area contributed by atoms with Crippen molar-refractivity contribution in [3.05, 3.63) is 23.8 Å². The van der Waals surface area contributed by atoms with Crippen molar-refractivity contribution in [2.75, 3.05) is 7.11 Å². The Labute approximate surface area is 129 Å². The third kappa shape index (κ3) is 5.90. The van der Waals surface area contributed by atoms with Gasteiger partial charge >= 0.3 is 5.51 Å². The van der Waals surface area contributed by atoms with Crippen LogP contribution in [0, 0.1) is 0 Å². The number of benzene rings is 1. The summed E-state index contributed by atoms with van der Waals surface area (Å²) < 4.78 is 54.7. The Bertz CT molecular complexity index is 486. The number of hydrogen-bond acceptors (Lipinski definition) is 3. The molecule has 0 aliphatic carbocycles. The van der Waals surface area contributed by atoms with Crippen LogP contribution in [0.4, 0.5) is 13.2 Å². The van der Waals surface area contributed by atoms with Crippen LogP contribution in [0.25, 0.3) is 0 Å². The highest BCUT2D eigenvalue weighted by molar-refractivity contribution is 8.00. The molecule has 0 aromatic heterocycles. The zero-order chi connectivity index (χ0) is 16.0. The molecule has 0 saturated heterocycles. The van der Waals surface area contributed by atoms with Gasteiger partial charge in [0.2, 0.25) is 0 Å². The van der Waals surface area contributed by atoms with Gasteiger partial charge in [-0.05, 0) is 42.3 Å². The first-order valence-corrected chi connectivity index (χ1v) is 8.80. The molecular weight excluding hydrogens is 321 g/mol. The first-order chi connectivity index (χ1) is 9.80. The van der Waals surface area contributed by atoms with Crippen LogP contribution in [-0.4, -0.2) is 22.1 Å². The average Bonchev–Trinajstić information content (AvgIpc) is 2.38. The summed E-state index contributed by atoms with van der Waals surface area (Å²) in [5.74, 6) is 0.441. The molecule has 1 aromatic carbocycles. The second-order valence-corrected chi connectivity index (χ2v) is 7.32. The maximum atomic E-state index is 12.5. The van der Waals surface area contributed by atoms with Crippen LogP contribution in [0.5, 0.6) is 5.75 Å². The molecule has 0 spiro atoms. The van der Waals surface area contributed by atoms with Crippen LogP contribution in [0.15, 0.2) is 23.1 Å². The molecule has 0 fully saturated rings. The molecule has 0 heterocycles. The lowest BCUT2D eigenvalue weighted by atomic mass is 10.2. The minimum absolute atomic E-state index is 0.00375. The summed E-state index contributed by atoms with van der Waals surface area (Å²) in [5, 5.41) is 0.0748. The van der Waals surface area contributed by atoms with E-state index in [1.54, 1.807) is 6.07 Å². The maximum absolute atomic E-state index is 12.5. The van der Waals surface area contributed by atoms with Crippen LogP contribution in [0.3, 0.4) is 0 Å². The van der Waals surface area contributed by atoms with Gasteiger partial charge in [0.05, 0.1) is 12.0 Å². The van der Waals surface area contributed by atoms with Crippen molar-refractivity contribution in [3.8, 4) is 5.75 Å². The summed E-state index contributed by atoms with van der Waals surface area (Å²) >= 11 is -0.211. The topological polar surface area (TPSA) is 26.3 Å². The highest BCUT2D eigenvalue weighted by Crippen LogP contribution is 2.41. The van der Waals surface area contributed by atoms with E-state index in [1.807, 2.05) is 13.8 Å². The number of methoxy groups -OCH3 is 1. The molecule has 120 valence electrons. The molecule has 1 atom stereocenters. The summed E-state index contributed by atoms with van der Waals surface area (Å²) in [5.41, 5.74) is -3.74. The lowest BCUT2D eigenvalue weighted by Gasteiger charge is -2.14. The van der Waals surface area contributed by atoms with Gasteiger partial charge in [-0.15, -0.1) is 0 Å². The smallest absolute Gasteiger partial charge is 0.446 e. The Hall–Kier alpha value is -0.690. The molecule has 0 bridgehead atoms. The Morgan fingerprint density at radius 3 is 2.38 bits per heavy atom. The zero-order valence-electron chi connectivity index (χ0n) is 12.2. The molecule has 21 heavy (non-hydrogen) atoms. The Morgan fingerprint density at radius 2 is 1.90 bits per heavy atom. The van der Waals surface area contributed by atoms with Crippen molar-refractivity contribution < 1.29 is 22.1 Å². The molecule has 2 nitrogen and oxygen atoms in total. The van der Waals surface area contributed by atoms with E-state index in [-0.39, 0.29) is 33.4 Å². The predicted molar refractivity (Wildman–Crippen MR) is 81.1 cm³/mol. The minimum Gasteiger partial charge on any atom is -0.496 e. The third-order valence-corrected chi connectivity index (χ3v) is 5.84. The second-order valence-electron chi connectivity index (χ2n) is 4.50. The summed E-state index contributed by atoms with van der Waals surface area (Å²) in [6.07, 6.45) is 1.59. The quantitative estimate of drug-likeness (QED) is 0.670. The molecule has 0 unspecified atom stereocenters. The molecule has 1 rings (SSSR count). The lowest BCUT2D eigenvalue weighted by Crippen LogP contribution is -2.14. The van der Waals surface area contributed by atoms with Gasteiger partial charge in [-0.25, -0.2) is 0 Å². The normalized spacial score (nSPS) is 13.5. The highest BCUT2D eigenvalue weighted by atomic mass is 32.2. The van der Waals surface area contributed by atoms with Gasteiger partial charge < -0.3 is 4.74 Å². The molecule has 0 saturated carbocycles. The maximum Gasteiger partial charge on any atom is 0.446 e. The van der Waals surface area contributed by atoms with E-state index in [0.29, 0.717) is 5.56 Å². The van der Waals surface area contributed by atoms with Crippen LogP contribution in [0.2, 0.25) is 0 Å². The number of alkyl halides is 3. The van der Waals surface area contributed by atoms with E-state index < -0.39 is 16.3 Å². The van der Waals surface area contributed by atoms with E-state index in [4.69, 9.17) is 4.74 Å². The van der Waals surface area contributed by atoms with Crippen molar-refractivity contribution in [1.29, 1.82) is 0 Å². The fourth-order valence-electron chi connectivity index (χ4n) is 1.96. The van der Waals surface area contributed by atoms with Crippen LogP contribution >= 0.6 is 11.8 Å². The van der Waals surface area contributed by atoms with Crippen molar-refractivity contribution in [1.82, 2.24) is 0 Å². The van der Waals surface area contributed by atoms with Crippen molar-refractivity contribution >= 4 is 22.6 Å². The molecule has 0 aliphatic rings. The van der Waals surface area contributed by atoms with Gasteiger partial charge in [-0.3, -0.25) is 4.21 Å². The predicted octanol–water partition coefficient (Wildman–Crippen LogP) is 4.74. The SMILES string of the molecule is CCC(CC)[S@@](=O)Cc1ccc(OC)c(SC(F)(F)F)c1. The van der Waals surface area contributed by atoms with Gasteiger partial charge in [0.1, 0.15) is 5.75 Å². The number of ether oxygens (including phenoxy) is 1. The fourth-order valence-corrected chi connectivity index (χ4v) is 4.16. The van der Waals surface area contributed by atoms with E-state index in [9.17, 15) is 17.4 Å². The molecule has 0 amide bonds. The Morgan fingerprint density at radius 1 is 1.29 bits per heavy atom. The summed E-state index contributed by atoms with van der Waals surface area (Å²) in [6.45, 7) is 3.93. The van der Waals surface area contributed by atoms with Gasteiger partial charge in [-0.2, -0.15) is 13.2 Å². The number of thioether (sulfide) groups is 1. The summed E-state index contributed by atoms with van der Waals surface area (Å²) in [6, 6.07) is 4.57. The molecular formula is C14H19F3O2S2. The monoisotopic (exact) mass is 340 g/mol. The van der Waals surface area contributed by atoms with Crippen molar-refractivity contribution in [3.63, 3.8) is 0 Å². The number of hydrogen-bond donors (Lipinski definition) is 0. The van der Waals surface area contributed by atoms with E-state index in [1.165, 1.54) is 19.2 Å². The Kier molecular flexibility index (Phi) is 7.06. The lowest BCUT2D eigenvalue weighted by molar-refractivity contribution is -0.0328. The number of rotatable bonds is 7. The second kappa shape index (κ2) is 8.08. The van der Waals surface area contributed by atoms with E-state index in [0.717, 1.165) is 12.8 Å². The van der Waals surface area contributed by atoms with Crippen LogP contribution < -0.4 is 4.74 Å². The molecule has 0 aliphatic heterocycles. The first-order valence-electron chi connectivity index (χ1n) is 6.60. The third-order valence-electron chi connectivity index (χ3n) is 3.05. The number of halogens is 3. The first kappa shape index (κ1) is 18.4. The van der Waals surface area contributed by atoms with Crippen LogP contribution in [-0.2, 0) is 16.6 Å². The Balaban J connectivity index is 2.95. The summed E-state index contributed by atoms with van der Waals surface area (Å²) in [4.78, 5) is 0.00375. The summed E-state index contributed by atoms with van der Waals surface area (Å²) in [7, 11) is 0.251. The van der Waals surface area contributed by atoms with Crippen molar-refractivity contribution in [2.24, 2.45) is 0 Å². The molecule has 7 heteroatoms. The minimum atomic E-state index is -4.37. The van der Waals surface area contributed by atoms with E-state index in [2.05, 4.69) is 0 Å². The van der Waals surface area contributed by atoms with Gasteiger partial charge in [0.15, 0.2) is 0 Å².